The van der Waals surface area contributed by atoms with Crippen LogP contribution in [0.3, 0.4) is 0 Å². The Kier molecular flexibility index (Phi) is 6.98. The van der Waals surface area contributed by atoms with E-state index in [0.717, 1.165) is 0 Å². The highest BCUT2D eigenvalue weighted by atomic mass is 15.2. The van der Waals surface area contributed by atoms with Gasteiger partial charge in [0.15, 0.2) is 0 Å². The molecule has 0 aromatic heterocycles. The average molecular weight is 213 g/mol. The zero-order chi connectivity index (χ0) is 10.9. The number of piperazine rings is 1. The summed E-state index contributed by atoms with van der Waals surface area (Å²) in [7, 11) is 4.25. The number of hydrogen-bond acceptors (Lipinski definition) is 3. The number of nitrogens with zero attached hydrogens (tertiary/aromatic N) is 2. The summed E-state index contributed by atoms with van der Waals surface area (Å²) in [6.45, 7) is 7.53. The Hall–Kier alpha value is -0.120. The van der Waals surface area contributed by atoms with Crippen LogP contribution in [0.5, 0.6) is 0 Å². The Morgan fingerprint density at radius 1 is 0.933 bits per heavy atom. The molecule has 0 spiro atoms. The van der Waals surface area contributed by atoms with Crippen molar-refractivity contribution in [2.75, 3.05) is 53.4 Å². The average Bonchev–Trinajstić information content (AvgIpc) is 2.26. The molecule has 0 aliphatic carbocycles. The van der Waals surface area contributed by atoms with Crippen LogP contribution >= 0.6 is 0 Å². The first-order valence-electron chi connectivity index (χ1n) is 6.38. The highest BCUT2D eigenvalue weighted by molar-refractivity contribution is 4.68. The van der Waals surface area contributed by atoms with E-state index in [4.69, 9.17) is 0 Å². The smallest absolute Gasteiger partial charge is 0.0110 e. The van der Waals surface area contributed by atoms with Gasteiger partial charge < -0.3 is 15.1 Å². The third-order valence-electron chi connectivity index (χ3n) is 3.25. The van der Waals surface area contributed by atoms with Crippen molar-refractivity contribution in [3.8, 4) is 0 Å². The van der Waals surface area contributed by atoms with Crippen LogP contribution in [0.2, 0.25) is 0 Å². The third kappa shape index (κ3) is 6.13. The van der Waals surface area contributed by atoms with E-state index in [1.165, 1.54) is 65.0 Å². The maximum absolute atomic E-state index is 3.20. The van der Waals surface area contributed by atoms with Crippen molar-refractivity contribution in [1.29, 1.82) is 0 Å². The second-order valence-corrected chi connectivity index (χ2v) is 4.66. The van der Waals surface area contributed by atoms with Gasteiger partial charge in [0, 0.05) is 26.2 Å². The van der Waals surface area contributed by atoms with E-state index < -0.39 is 0 Å². The van der Waals surface area contributed by atoms with Gasteiger partial charge in [-0.05, 0) is 40.0 Å². The van der Waals surface area contributed by atoms with Crippen LogP contribution in [0.4, 0.5) is 0 Å². The lowest BCUT2D eigenvalue weighted by Gasteiger charge is -2.32. The van der Waals surface area contributed by atoms with E-state index in [2.05, 4.69) is 22.2 Å². The van der Waals surface area contributed by atoms with Crippen LogP contribution in [0.1, 0.15) is 25.7 Å². The summed E-state index contributed by atoms with van der Waals surface area (Å²) in [6, 6.07) is 0. The first-order valence-corrected chi connectivity index (χ1v) is 6.38. The highest BCUT2D eigenvalue weighted by Crippen LogP contribution is 2.04. The van der Waals surface area contributed by atoms with Gasteiger partial charge in [0.05, 0.1) is 0 Å². The van der Waals surface area contributed by atoms with E-state index in [1.54, 1.807) is 0 Å². The van der Waals surface area contributed by atoms with Crippen molar-refractivity contribution in [3.63, 3.8) is 0 Å². The fourth-order valence-corrected chi connectivity index (χ4v) is 2.06. The first kappa shape index (κ1) is 12.9. The summed E-state index contributed by atoms with van der Waals surface area (Å²) in [4.78, 5) is 5.03. The Bertz CT molecular complexity index is 142. The number of rotatable bonds is 7. The van der Waals surface area contributed by atoms with Gasteiger partial charge in [0.25, 0.3) is 0 Å². The van der Waals surface area contributed by atoms with Crippen LogP contribution in [-0.4, -0.2) is 63.2 Å². The van der Waals surface area contributed by atoms with Gasteiger partial charge in [0.1, 0.15) is 0 Å². The van der Waals surface area contributed by atoms with Crippen molar-refractivity contribution < 1.29 is 0 Å². The molecule has 1 rings (SSSR count). The van der Waals surface area contributed by atoms with Crippen LogP contribution in [0.15, 0.2) is 0 Å². The summed E-state index contributed by atoms with van der Waals surface area (Å²) < 4.78 is 0. The molecule has 1 fully saturated rings. The minimum Gasteiger partial charge on any atom is -0.320 e. The molecular formula is C12H27N3. The molecule has 1 saturated heterocycles. The summed E-state index contributed by atoms with van der Waals surface area (Å²) in [5.74, 6) is 0. The lowest BCUT2D eigenvalue weighted by Crippen LogP contribution is -2.44. The maximum atomic E-state index is 3.20. The molecule has 0 bridgehead atoms. The monoisotopic (exact) mass is 213 g/mol. The molecule has 1 aliphatic heterocycles. The zero-order valence-corrected chi connectivity index (χ0v) is 10.5. The zero-order valence-electron chi connectivity index (χ0n) is 10.5. The molecule has 1 N–H and O–H groups in total. The normalized spacial score (nSPS) is 19.6. The van der Waals surface area contributed by atoms with E-state index >= 15 is 0 Å². The van der Waals surface area contributed by atoms with Crippen molar-refractivity contribution in [2.24, 2.45) is 0 Å². The molecule has 90 valence electrons. The number of likely N-dealkylation sites (N-methyl/N-ethyl adjacent to an activating group) is 1. The number of nitrogens with one attached hydrogen (secondary N) is 1. The van der Waals surface area contributed by atoms with Crippen molar-refractivity contribution in [2.45, 2.75) is 25.7 Å². The number of hydrogen-bond donors (Lipinski definition) is 1. The van der Waals surface area contributed by atoms with Gasteiger partial charge in [-0.25, -0.2) is 0 Å². The minimum atomic E-state index is 1.18. The third-order valence-corrected chi connectivity index (χ3v) is 3.25. The Morgan fingerprint density at radius 3 is 2.27 bits per heavy atom. The molecular weight excluding hydrogens is 186 g/mol. The molecule has 1 aliphatic rings. The summed E-state index contributed by atoms with van der Waals surface area (Å²) in [6.07, 6.45) is 5.50. The lowest BCUT2D eigenvalue weighted by molar-refractivity contribution is 0.152. The van der Waals surface area contributed by atoms with Crippen LogP contribution in [0.25, 0.3) is 0 Å². The van der Waals surface area contributed by atoms with E-state index in [9.17, 15) is 0 Å². The van der Waals surface area contributed by atoms with Gasteiger partial charge in [-0.15, -0.1) is 0 Å². The van der Waals surface area contributed by atoms with E-state index in [1.807, 2.05) is 7.05 Å². The molecule has 0 saturated carbocycles. The Labute approximate surface area is 94.8 Å². The Balaban J connectivity index is 1.87. The molecule has 0 atom stereocenters. The number of unbranched alkanes of at least 4 members (excludes halogenated alkanes) is 3. The molecule has 0 radical (unpaired) electrons. The predicted molar refractivity (Wildman–Crippen MR) is 66.3 cm³/mol. The summed E-state index contributed by atoms with van der Waals surface area (Å²) in [5.41, 5.74) is 0. The second-order valence-electron chi connectivity index (χ2n) is 4.66. The topological polar surface area (TPSA) is 18.5 Å². The van der Waals surface area contributed by atoms with Crippen molar-refractivity contribution in [1.82, 2.24) is 15.1 Å². The van der Waals surface area contributed by atoms with E-state index in [-0.39, 0.29) is 0 Å². The fraction of sp³-hybridized carbons (Fsp3) is 1.00. The van der Waals surface area contributed by atoms with Gasteiger partial charge in [0.2, 0.25) is 0 Å². The molecule has 3 nitrogen and oxygen atoms in total. The van der Waals surface area contributed by atoms with Gasteiger partial charge >= 0.3 is 0 Å². The highest BCUT2D eigenvalue weighted by Gasteiger charge is 2.12. The van der Waals surface area contributed by atoms with Crippen LogP contribution in [0, 0.1) is 0 Å². The van der Waals surface area contributed by atoms with Gasteiger partial charge in [-0.3, -0.25) is 0 Å². The molecule has 1 heterocycles. The summed E-state index contributed by atoms with van der Waals surface area (Å²) in [5, 5.41) is 3.20. The van der Waals surface area contributed by atoms with Gasteiger partial charge in [-0.2, -0.15) is 0 Å². The lowest BCUT2D eigenvalue weighted by atomic mass is 10.2. The Morgan fingerprint density at radius 2 is 1.60 bits per heavy atom. The van der Waals surface area contributed by atoms with E-state index in [0.29, 0.717) is 0 Å². The minimum absolute atomic E-state index is 1.18. The first-order chi connectivity index (χ1) is 7.33. The fourth-order valence-electron chi connectivity index (χ4n) is 2.06. The van der Waals surface area contributed by atoms with Crippen LogP contribution in [-0.2, 0) is 0 Å². The SMILES string of the molecule is CNCCCCCCN1CCN(C)CC1. The quantitative estimate of drug-likeness (QED) is 0.637. The summed E-state index contributed by atoms with van der Waals surface area (Å²) >= 11 is 0. The second kappa shape index (κ2) is 8.08. The van der Waals surface area contributed by atoms with Crippen molar-refractivity contribution >= 4 is 0 Å². The largest absolute Gasteiger partial charge is 0.320 e. The molecule has 0 unspecified atom stereocenters. The molecule has 0 aromatic carbocycles. The standard InChI is InChI=1S/C12H27N3/c1-13-7-5-3-4-6-8-15-11-9-14(2)10-12-15/h13H,3-12H2,1-2H3. The van der Waals surface area contributed by atoms with Crippen LogP contribution < -0.4 is 5.32 Å². The van der Waals surface area contributed by atoms with Crippen molar-refractivity contribution in [3.05, 3.63) is 0 Å². The maximum Gasteiger partial charge on any atom is 0.0110 e. The molecule has 0 amide bonds. The molecule has 3 heteroatoms. The predicted octanol–water partition coefficient (Wildman–Crippen LogP) is 1.01. The van der Waals surface area contributed by atoms with Gasteiger partial charge in [-0.1, -0.05) is 12.8 Å². The molecule has 0 aromatic rings. The molecule has 15 heavy (non-hydrogen) atoms.